The lowest BCUT2D eigenvalue weighted by atomic mass is 10.2. The molecule has 5 nitrogen and oxygen atoms in total. The number of fused-ring (bicyclic) bond motifs is 1. The summed E-state index contributed by atoms with van der Waals surface area (Å²) in [5.74, 6) is 0.655. The van der Waals surface area contributed by atoms with E-state index in [0.717, 1.165) is 31.1 Å². The summed E-state index contributed by atoms with van der Waals surface area (Å²) in [5, 5.41) is 15.7. The molecule has 0 fully saturated rings. The second-order valence-corrected chi connectivity index (χ2v) is 7.32. The zero-order chi connectivity index (χ0) is 15.3. The molecule has 0 saturated carbocycles. The molecule has 4 rings (SSSR count). The van der Waals surface area contributed by atoms with Gasteiger partial charge in [0, 0.05) is 5.56 Å². The maximum atomic E-state index is 6.26. The molecular weight excluding hydrogens is 338 g/mol. The molecule has 0 aliphatic heterocycles. The average Bonchev–Trinajstić information content (AvgIpc) is 3.13. The largest absolute Gasteiger partial charge is 0.246 e. The van der Waals surface area contributed by atoms with Gasteiger partial charge in [0.25, 0.3) is 0 Å². The first-order valence-corrected chi connectivity index (χ1v) is 8.56. The highest BCUT2D eigenvalue weighted by atomic mass is 35.5. The summed E-state index contributed by atoms with van der Waals surface area (Å²) in [6, 6.07) is 7.56. The van der Waals surface area contributed by atoms with Crippen molar-refractivity contribution in [3.63, 3.8) is 0 Å². The van der Waals surface area contributed by atoms with Crippen molar-refractivity contribution in [2.75, 3.05) is 0 Å². The number of aryl methyl sites for hydroxylation is 2. The van der Waals surface area contributed by atoms with Gasteiger partial charge in [-0.3, -0.25) is 0 Å². The highest BCUT2D eigenvalue weighted by Gasteiger charge is 2.18. The maximum Gasteiger partial charge on any atom is 0.235 e. The minimum absolute atomic E-state index is 0.635. The lowest BCUT2D eigenvalue weighted by molar-refractivity contribution is 0.971. The van der Waals surface area contributed by atoms with Gasteiger partial charge in [-0.1, -0.05) is 35.1 Å². The lowest BCUT2D eigenvalue weighted by Gasteiger charge is -1.99. The van der Waals surface area contributed by atoms with Crippen molar-refractivity contribution < 1.29 is 0 Å². The second kappa shape index (κ2) is 5.12. The van der Waals surface area contributed by atoms with Crippen LogP contribution in [0.5, 0.6) is 0 Å². The highest BCUT2D eigenvalue weighted by Crippen LogP contribution is 2.34. The van der Waals surface area contributed by atoms with Crippen molar-refractivity contribution in [1.29, 1.82) is 0 Å². The van der Waals surface area contributed by atoms with Crippen molar-refractivity contribution in [2.24, 2.45) is 0 Å². The molecule has 22 heavy (non-hydrogen) atoms. The van der Waals surface area contributed by atoms with Crippen LogP contribution in [-0.2, 0) is 0 Å². The minimum atomic E-state index is 0.635. The lowest BCUT2D eigenvalue weighted by Crippen LogP contribution is -1.91. The van der Waals surface area contributed by atoms with E-state index in [1.165, 1.54) is 11.3 Å². The van der Waals surface area contributed by atoms with E-state index in [-0.39, 0.29) is 0 Å². The number of rotatable bonds is 2. The van der Waals surface area contributed by atoms with Gasteiger partial charge in [0.15, 0.2) is 10.8 Å². The fourth-order valence-corrected chi connectivity index (χ4v) is 4.35. The molecule has 0 aliphatic carbocycles. The van der Waals surface area contributed by atoms with Crippen LogP contribution in [0.4, 0.5) is 0 Å². The molecular formula is C14H10ClN5S2. The summed E-state index contributed by atoms with van der Waals surface area (Å²) in [4.78, 5) is 6.28. The van der Waals surface area contributed by atoms with Crippen LogP contribution in [0, 0.1) is 13.8 Å². The van der Waals surface area contributed by atoms with Gasteiger partial charge in [-0.05, 0) is 26.0 Å². The van der Waals surface area contributed by atoms with E-state index >= 15 is 0 Å². The summed E-state index contributed by atoms with van der Waals surface area (Å²) in [5.41, 5.74) is 1.82. The van der Waals surface area contributed by atoms with Crippen LogP contribution >= 0.6 is 34.3 Å². The number of hydrogen-bond acceptors (Lipinski definition) is 6. The molecule has 3 heterocycles. The fraction of sp³-hybridized carbons (Fsp3) is 0.143. The van der Waals surface area contributed by atoms with Crippen LogP contribution in [0.3, 0.4) is 0 Å². The fourth-order valence-electron chi connectivity index (χ4n) is 2.25. The van der Waals surface area contributed by atoms with Gasteiger partial charge in [0.1, 0.15) is 0 Å². The first-order chi connectivity index (χ1) is 10.6. The van der Waals surface area contributed by atoms with Crippen LogP contribution < -0.4 is 0 Å². The molecule has 110 valence electrons. The Morgan fingerprint density at radius 2 is 1.91 bits per heavy atom. The Morgan fingerprint density at radius 1 is 1.09 bits per heavy atom. The SMILES string of the molecule is Cc1nc(C)c(-c2nn3c(-c4ccccc4Cl)nnc3s2)s1. The summed E-state index contributed by atoms with van der Waals surface area (Å²) >= 11 is 9.40. The number of hydrogen-bond donors (Lipinski definition) is 0. The second-order valence-electron chi connectivity index (χ2n) is 4.75. The number of thiazole rings is 1. The minimum Gasteiger partial charge on any atom is -0.246 e. The van der Waals surface area contributed by atoms with E-state index in [4.69, 9.17) is 11.6 Å². The van der Waals surface area contributed by atoms with E-state index in [9.17, 15) is 0 Å². The van der Waals surface area contributed by atoms with Crippen molar-refractivity contribution in [1.82, 2.24) is 24.8 Å². The Labute approximate surface area is 139 Å². The van der Waals surface area contributed by atoms with E-state index in [1.54, 1.807) is 15.9 Å². The molecule has 0 atom stereocenters. The number of benzene rings is 1. The molecule has 0 unspecified atom stereocenters. The highest BCUT2D eigenvalue weighted by molar-refractivity contribution is 7.24. The van der Waals surface area contributed by atoms with Gasteiger partial charge in [-0.15, -0.1) is 21.5 Å². The Hall–Kier alpha value is -1.83. The molecule has 0 bridgehead atoms. The molecule has 0 radical (unpaired) electrons. The average molecular weight is 348 g/mol. The van der Waals surface area contributed by atoms with Gasteiger partial charge in [-0.2, -0.15) is 9.61 Å². The first kappa shape index (κ1) is 13.8. The third-order valence-corrected chi connectivity index (χ3v) is 5.66. The van der Waals surface area contributed by atoms with Gasteiger partial charge >= 0.3 is 0 Å². The predicted octanol–water partition coefficient (Wildman–Crippen LogP) is 4.25. The Balaban J connectivity index is 1.90. The van der Waals surface area contributed by atoms with E-state index < -0.39 is 0 Å². The standard InChI is InChI=1S/C14H10ClN5S2/c1-7-11(21-8(2)16-7)13-19-20-12(17-18-14(20)22-13)9-5-3-4-6-10(9)15/h3-6H,1-2H3. The number of nitrogens with zero attached hydrogens (tertiary/aromatic N) is 5. The van der Waals surface area contributed by atoms with Gasteiger partial charge in [0.2, 0.25) is 4.96 Å². The smallest absolute Gasteiger partial charge is 0.235 e. The van der Waals surface area contributed by atoms with Crippen LogP contribution in [0.1, 0.15) is 10.7 Å². The molecule has 1 aromatic carbocycles. The summed E-state index contributed by atoms with van der Waals surface area (Å²) < 4.78 is 1.75. The number of aromatic nitrogens is 5. The summed E-state index contributed by atoms with van der Waals surface area (Å²) in [6.07, 6.45) is 0. The molecule has 0 spiro atoms. The van der Waals surface area contributed by atoms with Gasteiger partial charge < -0.3 is 0 Å². The first-order valence-electron chi connectivity index (χ1n) is 6.55. The topological polar surface area (TPSA) is 56.0 Å². The van der Waals surface area contributed by atoms with Crippen molar-refractivity contribution in [3.05, 3.63) is 40.0 Å². The molecule has 0 amide bonds. The van der Waals surface area contributed by atoms with E-state index in [2.05, 4.69) is 20.3 Å². The van der Waals surface area contributed by atoms with Crippen LogP contribution in [0.25, 0.3) is 26.2 Å². The molecule has 3 aromatic heterocycles. The molecule has 8 heteroatoms. The van der Waals surface area contributed by atoms with Crippen LogP contribution in [-0.4, -0.2) is 24.8 Å². The van der Waals surface area contributed by atoms with Crippen LogP contribution in [0.2, 0.25) is 5.02 Å². The quantitative estimate of drug-likeness (QED) is 0.544. The van der Waals surface area contributed by atoms with Gasteiger partial charge in [0.05, 0.1) is 20.6 Å². The van der Waals surface area contributed by atoms with E-state index in [1.807, 2.05) is 38.1 Å². The summed E-state index contributed by atoms with van der Waals surface area (Å²) in [7, 11) is 0. The van der Waals surface area contributed by atoms with Crippen molar-refractivity contribution in [2.45, 2.75) is 13.8 Å². The monoisotopic (exact) mass is 347 g/mol. The molecule has 0 N–H and O–H groups in total. The normalized spacial score (nSPS) is 11.4. The van der Waals surface area contributed by atoms with Crippen molar-refractivity contribution >= 4 is 39.2 Å². The van der Waals surface area contributed by atoms with Crippen LogP contribution in [0.15, 0.2) is 24.3 Å². The molecule has 0 aliphatic rings. The number of halogens is 1. The Kier molecular flexibility index (Phi) is 3.21. The third kappa shape index (κ3) is 2.13. The van der Waals surface area contributed by atoms with E-state index in [0.29, 0.717) is 10.8 Å². The molecule has 0 saturated heterocycles. The maximum absolute atomic E-state index is 6.26. The summed E-state index contributed by atoms with van der Waals surface area (Å²) in [6.45, 7) is 3.99. The van der Waals surface area contributed by atoms with Crippen molar-refractivity contribution in [3.8, 4) is 21.3 Å². The zero-order valence-corrected chi connectivity index (χ0v) is 14.1. The Bertz CT molecular complexity index is 984. The third-order valence-electron chi connectivity index (χ3n) is 3.20. The van der Waals surface area contributed by atoms with Gasteiger partial charge in [-0.25, -0.2) is 4.98 Å². The molecule has 4 aromatic rings. The zero-order valence-electron chi connectivity index (χ0n) is 11.7. The Morgan fingerprint density at radius 3 is 2.64 bits per heavy atom. The predicted molar refractivity (Wildman–Crippen MR) is 89.7 cm³/mol.